The molecule has 3 N–H and O–H groups in total. The van der Waals surface area contributed by atoms with Crippen LogP contribution in [0.25, 0.3) is 0 Å². The fourth-order valence-corrected chi connectivity index (χ4v) is 3.10. The molecule has 20 heavy (non-hydrogen) atoms. The third-order valence-corrected chi connectivity index (χ3v) is 4.45. The fraction of sp³-hybridized carbons (Fsp3) is 0.500. The summed E-state index contributed by atoms with van der Waals surface area (Å²) in [6, 6.07) is 3.06. The Morgan fingerprint density at radius 2 is 1.80 bits per heavy atom. The van der Waals surface area contributed by atoms with E-state index in [-0.39, 0.29) is 11.4 Å². The van der Waals surface area contributed by atoms with Crippen molar-refractivity contribution in [2.75, 3.05) is 6.54 Å². The van der Waals surface area contributed by atoms with Crippen LogP contribution in [0.4, 0.5) is 13.2 Å². The van der Waals surface area contributed by atoms with Crippen LogP contribution in [0.2, 0.25) is 0 Å². The molecular formula is C12H17F3N2O2S. The molecule has 0 amide bonds. The van der Waals surface area contributed by atoms with Gasteiger partial charge in [0.15, 0.2) is 0 Å². The highest BCUT2D eigenvalue weighted by atomic mass is 32.2. The van der Waals surface area contributed by atoms with Gasteiger partial charge < -0.3 is 5.73 Å². The third kappa shape index (κ3) is 4.46. The molecule has 0 heterocycles. The number of sulfonamides is 1. The van der Waals surface area contributed by atoms with Gasteiger partial charge in [0.2, 0.25) is 10.0 Å². The van der Waals surface area contributed by atoms with Crippen molar-refractivity contribution in [2.24, 2.45) is 5.73 Å². The average molecular weight is 310 g/mol. The number of alkyl halides is 3. The summed E-state index contributed by atoms with van der Waals surface area (Å²) in [7, 11) is -3.97. The van der Waals surface area contributed by atoms with Gasteiger partial charge in [0.05, 0.1) is 11.3 Å². The number of nitrogens with two attached hydrogens (primary N) is 1. The lowest BCUT2D eigenvalue weighted by atomic mass is 10.1. The molecule has 1 rings (SSSR count). The fourth-order valence-electron chi connectivity index (χ4n) is 1.79. The highest BCUT2D eigenvalue weighted by Crippen LogP contribution is 2.22. The Kier molecular flexibility index (Phi) is 5.17. The maximum atomic E-state index is 12.0. The number of hydrogen-bond donors (Lipinski definition) is 2. The SMILES string of the molecule is Cc1cc(C)c(S(=O)(=O)NCCC(F)(F)F)cc1CN. The molecule has 0 aliphatic heterocycles. The molecule has 0 unspecified atom stereocenters. The maximum Gasteiger partial charge on any atom is 0.390 e. The topological polar surface area (TPSA) is 72.2 Å². The molecule has 8 heteroatoms. The van der Waals surface area contributed by atoms with Crippen LogP contribution in [0.15, 0.2) is 17.0 Å². The third-order valence-electron chi connectivity index (χ3n) is 2.84. The second-order valence-corrected chi connectivity index (χ2v) is 6.25. The molecule has 0 saturated heterocycles. The van der Waals surface area contributed by atoms with E-state index in [1.165, 1.54) is 6.07 Å². The zero-order chi connectivity index (χ0) is 15.6. The molecule has 1 aromatic rings. The van der Waals surface area contributed by atoms with Crippen molar-refractivity contribution in [1.29, 1.82) is 0 Å². The second kappa shape index (κ2) is 6.11. The van der Waals surface area contributed by atoms with E-state index < -0.39 is 29.2 Å². The Morgan fingerprint density at radius 3 is 2.30 bits per heavy atom. The van der Waals surface area contributed by atoms with Crippen molar-refractivity contribution in [3.05, 3.63) is 28.8 Å². The van der Waals surface area contributed by atoms with Gasteiger partial charge in [-0.15, -0.1) is 0 Å². The van der Waals surface area contributed by atoms with E-state index in [9.17, 15) is 21.6 Å². The lowest BCUT2D eigenvalue weighted by molar-refractivity contribution is -0.132. The van der Waals surface area contributed by atoms with Gasteiger partial charge in [-0.05, 0) is 36.6 Å². The summed E-state index contributed by atoms with van der Waals surface area (Å²) in [5, 5.41) is 0. The smallest absolute Gasteiger partial charge is 0.326 e. The van der Waals surface area contributed by atoms with Gasteiger partial charge in [-0.3, -0.25) is 0 Å². The van der Waals surface area contributed by atoms with Crippen LogP contribution in [0.3, 0.4) is 0 Å². The maximum absolute atomic E-state index is 12.0. The monoisotopic (exact) mass is 310 g/mol. The molecule has 0 fully saturated rings. The number of rotatable bonds is 5. The lowest BCUT2D eigenvalue weighted by Gasteiger charge is -2.13. The molecule has 114 valence electrons. The first-order valence-corrected chi connectivity index (χ1v) is 7.42. The predicted molar refractivity (Wildman–Crippen MR) is 69.7 cm³/mol. The molecule has 0 spiro atoms. The largest absolute Gasteiger partial charge is 0.390 e. The van der Waals surface area contributed by atoms with Crippen molar-refractivity contribution < 1.29 is 21.6 Å². The number of nitrogens with one attached hydrogen (secondary N) is 1. The minimum absolute atomic E-state index is 0.0364. The molecule has 0 radical (unpaired) electrons. The minimum Gasteiger partial charge on any atom is -0.326 e. The Balaban J connectivity index is 2.98. The van der Waals surface area contributed by atoms with Crippen LogP contribution in [0.5, 0.6) is 0 Å². The molecule has 4 nitrogen and oxygen atoms in total. The van der Waals surface area contributed by atoms with E-state index in [1.54, 1.807) is 19.9 Å². The van der Waals surface area contributed by atoms with Gasteiger partial charge in [0.25, 0.3) is 0 Å². The normalized spacial score (nSPS) is 12.7. The van der Waals surface area contributed by atoms with Crippen LogP contribution < -0.4 is 10.5 Å². The van der Waals surface area contributed by atoms with Gasteiger partial charge in [0.1, 0.15) is 0 Å². The van der Waals surface area contributed by atoms with Crippen molar-refractivity contribution in [3.8, 4) is 0 Å². The van der Waals surface area contributed by atoms with E-state index in [2.05, 4.69) is 0 Å². The van der Waals surface area contributed by atoms with E-state index in [0.29, 0.717) is 11.1 Å². The van der Waals surface area contributed by atoms with E-state index in [1.807, 2.05) is 4.72 Å². The second-order valence-electron chi connectivity index (χ2n) is 4.51. The number of benzene rings is 1. The van der Waals surface area contributed by atoms with Gasteiger partial charge in [-0.2, -0.15) is 13.2 Å². The van der Waals surface area contributed by atoms with Gasteiger partial charge in [0, 0.05) is 13.1 Å². The standard InChI is InChI=1S/C12H17F3N2O2S/c1-8-5-9(2)11(6-10(8)7-16)20(18,19)17-4-3-12(13,14)15/h5-6,17H,3-4,7,16H2,1-2H3. The van der Waals surface area contributed by atoms with Crippen LogP contribution in [-0.2, 0) is 16.6 Å². The quantitative estimate of drug-likeness (QED) is 0.873. The Labute approximate surface area is 116 Å². The molecular weight excluding hydrogens is 293 g/mol. The molecule has 0 aromatic heterocycles. The van der Waals surface area contributed by atoms with Crippen molar-refractivity contribution in [1.82, 2.24) is 4.72 Å². The van der Waals surface area contributed by atoms with Gasteiger partial charge in [-0.25, -0.2) is 13.1 Å². The van der Waals surface area contributed by atoms with E-state index in [4.69, 9.17) is 5.73 Å². The zero-order valence-electron chi connectivity index (χ0n) is 11.2. The van der Waals surface area contributed by atoms with E-state index in [0.717, 1.165) is 5.56 Å². The first-order chi connectivity index (χ1) is 9.07. The Bertz CT molecular complexity index is 583. The van der Waals surface area contributed by atoms with E-state index >= 15 is 0 Å². The first-order valence-electron chi connectivity index (χ1n) is 5.93. The summed E-state index contributed by atoms with van der Waals surface area (Å²) in [5.74, 6) is 0. The summed E-state index contributed by atoms with van der Waals surface area (Å²) in [5.41, 5.74) is 7.47. The Hall–Kier alpha value is -1.12. The van der Waals surface area contributed by atoms with Crippen LogP contribution in [0.1, 0.15) is 23.1 Å². The summed E-state index contributed by atoms with van der Waals surface area (Å²) in [6.45, 7) is 2.86. The number of halogens is 3. The van der Waals surface area contributed by atoms with Crippen molar-refractivity contribution >= 4 is 10.0 Å². The molecule has 0 aliphatic rings. The zero-order valence-corrected chi connectivity index (χ0v) is 12.0. The summed E-state index contributed by atoms with van der Waals surface area (Å²) in [6.07, 6.45) is -5.60. The highest BCUT2D eigenvalue weighted by molar-refractivity contribution is 7.89. The Morgan fingerprint density at radius 1 is 1.20 bits per heavy atom. The molecule has 1 aromatic carbocycles. The number of hydrogen-bond acceptors (Lipinski definition) is 3. The van der Waals surface area contributed by atoms with Gasteiger partial charge >= 0.3 is 6.18 Å². The first kappa shape index (κ1) is 16.9. The summed E-state index contributed by atoms with van der Waals surface area (Å²) >= 11 is 0. The highest BCUT2D eigenvalue weighted by Gasteiger charge is 2.28. The van der Waals surface area contributed by atoms with Crippen LogP contribution in [0, 0.1) is 13.8 Å². The molecule has 0 aliphatic carbocycles. The minimum atomic E-state index is -4.40. The average Bonchev–Trinajstić information content (AvgIpc) is 2.26. The van der Waals surface area contributed by atoms with Crippen LogP contribution in [-0.4, -0.2) is 21.1 Å². The summed E-state index contributed by atoms with van der Waals surface area (Å²) < 4.78 is 62.1. The molecule has 0 bridgehead atoms. The predicted octanol–water partition coefficient (Wildman–Crippen LogP) is 1.99. The lowest BCUT2D eigenvalue weighted by Crippen LogP contribution is -2.28. The summed E-state index contributed by atoms with van der Waals surface area (Å²) in [4.78, 5) is -0.0364. The van der Waals surface area contributed by atoms with Crippen molar-refractivity contribution in [2.45, 2.75) is 37.9 Å². The van der Waals surface area contributed by atoms with Crippen molar-refractivity contribution in [3.63, 3.8) is 0 Å². The number of aryl methyl sites for hydroxylation is 2. The van der Waals surface area contributed by atoms with Crippen LogP contribution >= 0.6 is 0 Å². The van der Waals surface area contributed by atoms with Gasteiger partial charge in [-0.1, -0.05) is 6.07 Å². The molecule has 0 saturated carbocycles. The molecule has 0 atom stereocenters.